The minimum atomic E-state index is -0.875. The van der Waals surface area contributed by atoms with Gasteiger partial charge in [-0.1, -0.05) is 44.8 Å². The lowest BCUT2D eigenvalue weighted by molar-refractivity contribution is 0.959. The van der Waals surface area contributed by atoms with Crippen molar-refractivity contribution >= 4 is 8.07 Å². The van der Waals surface area contributed by atoms with E-state index < -0.39 is 8.07 Å². The van der Waals surface area contributed by atoms with E-state index in [1.165, 1.54) is 12.8 Å². The van der Waals surface area contributed by atoms with Crippen molar-refractivity contribution in [1.82, 2.24) is 0 Å². The molecule has 1 heteroatoms. The Morgan fingerprint density at radius 2 is 1.78 bits per heavy atom. The maximum atomic E-state index is 2.41. The van der Waals surface area contributed by atoms with Gasteiger partial charge in [0.25, 0.3) is 0 Å². The first-order valence-electron chi connectivity index (χ1n) is 3.74. The van der Waals surface area contributed by atoms with Crippen LogP contribution < -0.4 is 0 Å². The van der Waals surface area contributed by atoms with Gasteiger partial charge in [0.2, 0.25) is 0 Å². The van der Waals surface area contributed by atoms with Crippen LogP contribution in [0.2, 0.25) is 19.6 Å². The zero-order valence-corrected chi connectivity index (χ0v) is 8.07. The van der Waals surface area contributed by atoms with Crippen LogP contribution in [0.25, 0.3) is 0 Å². The average Bonchev–Trinajstić information content (AvgIpc) is 1.63. The van der Waals surface area contributed by atoms with E-state index >= 15 is 0 Å². The summed E-state index contributed by atoms with van der Waals surface area (Å²) in [5.41, 5.74) is 2.41. The van der Waals surface area contributed by atoms with E-state index in [4.69, 9.17) is 0 Å². The Labute approximate surface area is 60.0 Å². The molecule has 0 heterocycles. The summed E-state index contributed by atoms with van der Waals surface area (Å²) in [7, 11) is -0.875. The summed E-state index contributed by atoms with van der Waals surface area (Å²) in [6.07, 6.45) is 4.86. The molecule has 9 heavy (non-hydrogen) atoms. The van der Waals surface area contributed by atoms with Crippen LogP contribution in [0.4, 0.5) is 0 Å². The Balaban J connectivity index is 3.45. The monoisotopic (exact) mass is 142 g/mol. The highest BCUT2D eigenvalue weighted by molar-refractivity contribution is 6.80. The van der Waals surface area contributed by atoms with E-state index in [2.05, 4.69) is 38.3 Å². The molecule has 0 bridgehead atoms. The molecule has 0 saturated heterocycles. The molecule has 0 rings (SSSR count). The van der Waals surface area contributed by atoms with Crippen molar-refractivity contribution in [2.24, 2.45) is 0 Å². The number of hydrogen-bond donors (Lipinski definition) is 0. The van der Waals surface area contributed by atoms with E-state index in [9.17, 15) is 0 Å². The molecule has 0 N–H and O–H groups in total. The molecular weight excluding hydrogens is 124 g/mol. The molecular formula is C8H18Si. The fraction of sp³-hybridized carbons (Fsp3) is 0.750. The second-order valence-electron chi connectivity index (χ2n) is 3.56. The smallest absolute Gasteiger partial charge is 0.0682 e. The van der Waals surface area contributed by atoms with E-state index in [0.717, 1.165) is 0 Å². The molecule has 0 aromatic heterocycles. The highest BCUT2D eigenvalue weighted by atomic mass is 28.3. The predicted molar refractivity (Wildman–Crippen MR) is 47.4 cm³/mol. The van der Waals surface area contributed by atoms with Crippen LogP contribution in [0.1, 0.15) is 19.8 Å². The third-order valence-corrected chi connectivity index (χ3v) is 2.31. The Bertz CT molecular complexity index is 87.2. The Kier molecular flexibility index (Phi) is 3.87. The lowest BCUT2D eigenvalue weighted by Crippen LogP contribution is -2.15. The topological polar surface area (TPSA) is 0 Å². The van der Waals surface area contributed by atoms with Crippen LogP contribution >= 0.6 is 0 Å². The summed E-state index contributed by atoms with van der Waals surface area (Å²) in [5, 5.41) is 0. The van der Waals surface area contributed by atoms with Gasteiger partial charge in [-0.2, -0.15) is 0 Å². The zero-order valence-electron chi connectivity index (χ0n) is 7.07. The second-order valence-corrected chi connectivity index (χ2v) is 8.62. The van der Waals surface area contributed by atoms with Crippen molar-refractivity contribution in [2.45, 2.75) is 39.4 Å². The summed E-state index contributed by atoms with van der Waals surface area (Å²) >= 11 is 0. The highest BCUT2D eigenvalue weighted by Crippen LogP contribution is 2.02. The van der Waals surface area contributed by atoms with Crippen LogP contribution in [0.5, 0.6) is 0 Å². The SMILES string of the molecule is CCCC=C[Si](C)(C)C. The van der Waals surface area contributed by atoms with Gasteiger partial charge in [0.15, 0.2) is 0 Å². The van der Waals surface area contributed by atoms with Gasteiger partial charge in [-0.25, -0.2) is 0 Å². The van der Waals surface area contributed by atoms with Gasteiger partial charge in [-0.05, 0) is 6.42 Å². The van der Waals surface area contributed by atoms with Crippen LogP contribution in [0.15, 0.2) is 11.8 Å². The Hall–Kier alpha value is -0.0431. The van der Waals surface area contributed by atoms with E-state index in [1.54, 1.807) is 0 Å². The van der Waals surface area contributed by atoms with Gasteiger partial charge in [0.1, 0.15) is 0 Å². The van der Waals surface area contributed by atoms with Crippen LogP contribution in [0.3, 0.4) is 0 Å². The van der Waals surface area contributed by atoms with Crippen molar-refractivity contribution in [3.8, 4) is 0 Å². The quantitative estimate of drug-likeness (QED) is 0.531. The number of hydrogen-bond acceptors (Lipinski definition) is 0. The fourth-order valence-electron chi connectivity index (χ4n) is 0.604. The maximum absolute atomic E-state index is 2.41. The first-order valence-corrected chi connectivity index (χ1v) is 7.31. The molecule has 54 valence electrons. The predicted octanol–water partition coefficient (Wildman–Crippen LogP) is 3.22. The number of allylic oxidation sites excluding steroid dienone is 1. The molecule has 0 unspecified atom stereocenters. The summed E-state index contributed by atoms with van der Waals surface area (Å²) in [5.74, 6) is 0. The summed E-state index contributed by atoms with van der Waals surface area (Å²) in [6, 6.07) is 0. The number of rotatable bonds is 3. The molecule has 0 amide bonds. The van der Waals surface area contributed by atoms with E-state index in [-0.39, 0.29) is 0 Å². The molecule has 0 fully saturated rings. The largest absolute Gasteiger partial charge is 0.0989 e. The van der Waals surface area contributed by atoms with Crippen molar-refractivity contribution < 1.29 is 0 Å². The van der Waals surface area contributed by atoms with Crippen LogP contribution in [-0.2, 0) is 0 Å². The second kappa shape index (κ2) is 3.88. The summed E-state index contributed by atoms with van der Waals surface area (Å²) < 4.78 is 0. The molecule has 0 nitrogen and oxygen atoms in total. The Morgan fingerprint density at radius 1 is 1.22 bits per heavy atom. The van der Waals surface area contributed by atoms with Gasteiger partial charge in [-0.3, -0.25) is 0 Å². The lowest BCUT2D eigenvalue weighted by atomic mass is 10.3. The van der Waals surface area contributed by atoms with Gasteiger partial charge in [0.05, 0.1) is 8.07 Å². The van der Waals surface area contributed by atoms with Crippen LogP contribution in [-0.4, -0.2) is 8.07 Å². The molecule has 0 radical (unpaired) electrons. The van der Waals surface area contributed by atoms with Crippen LogP contribution in [0, 0.1) is 0 Å². The van der Waals surface area contributed by atoms with Crippen molar-refractivity contribution in [3.05, 3.63) is 11.8 Å². The standard InChI is InChI=1S/C8H18Si/c1-5-6-7-8-9(2,3)4/h7-8H,5-6H2,1-4H3. The normalized spacial score (nSPS) is 12.9. The van der Waals surface area contributed by atoms with E-state index in [0.29, 0.717) is 0 Å². The minimum absolute atomic E-state index is 0.875. The van der Waals surface area contributed by atoms with Gasteiger partial charge in [0, 0.05) is 0 Å². The molecule has 0 atom stereocenters. The molecule has 0 aliphatic heterocycles. The molecule has 0 aromatic rings. The van der Waals surface area contributed by atoms with Crippen molar-refractivity contribution in [3.63, 3.8) is 0 Å². The third-order valence-electron chi connectivity index (χ3n) is 1.07. The fourth-order valence-corrected chi connectivity index (χ4v) is 1.48. The molecule has 0 spiro atoms. The first kappa shape index (κ1) is 8.96. The Morgan fingerprint density at radius 3 is 2.11 bits per heavy atom. The average molecular weight is 142 g/mol. The van der Waals surface area contributed by atoms with Crippen molar-refractivity contribution in [2.75, 3.05) is 0 Å². The lowest BCUT2D eigenvalue weighted by Gasteiger charge is -2.07. The van der Waals surface area contributed by atoms with E-state index in [1.807, 2.05) is 0 Å². The van der Waals surface area contributed by atoms with Gasteiger partial charge < -0.3 is 0 Å². The maximum Gasteiger partial charge on any atom is 0.0682 e. The molecule has 0 aromatic carbocycles. The third kappa shape index (κ3) is 7.96. The van der Waals surface area contributed by atoms with Gasteiger partial charge in [-0.15, -0.1) is 0 Å². The summed E-state index contributed by atoms with van der Waals surface area (Å²) in [4.78, 5) is 0. The number of unbranched alkanes of at least 4 members (excludes halogenated alkanes) is 1. The van der Waals surface area contributed by atoms with Crippen molar-refractivity contribution in [1.29, 1.82) is 0 Å². The zero-order chi connectivity index (χ0) is 7.33. The molecule has 0 saturated carbocycles. The molecule has 0 aliphatic rings. The van der Waals surface area contributed by atoms with Gasteiger partial charge >= 0.3 is 0 Å². The first-order chi connectivity index (χ1) is 4.06. The highest BCUT2D eigenvalue weighted by Gasteiger charge is 2.05. The molecule has 0 aliphatic carbocycles. The summed E-state index contributed by atoms with van der Waals surface area (Å²) in [6.45, 7) is 9.30. The minimum Gasteiger partial charge on any atom is -0.0989 e.